The third-order valence-corrected chi connectivity index (χ3v) is 6.15. The van der Waals surface area contributed by atoms with Crippen LogP contribution in [-0.4, -0.2) is 93.4 Å². The fourth-order valence-electron chi connectivity index (χ4n) is 2.88. The molecule has 0 rings (SSSR count). The van der Waals surface area contributed by atoms with E-state index >= 15 is 0 Å². The van der Waals surface area contributed by atoms with E-state index in [0.29, 0.717) is 0 Å². The summed E-state index contributed by atoms with van der Waals surface area (Å²) in [4.78, 5) is 25.0. The van der Waals surface area contributed by atoms with Crippen molar-refractivity contribution in [3.05, 3.63) is 0 Å². The van der Waals surface area contributed by atoms with Crippen LogP contribution in [0.3, 0.4) is 0 Å². The van der Waals surface area contributed by atoms with Gasteiger partial charge in [0.25, 0.3) is 0 Å². The second-order valence-electron chi connectivity index (χ2n) is 10.3. The van der Waals surface area contributed by atoms with E-state index in [1.165, 1.54) is 0 Å². The van der Waals surface area contributed by atoms with E-state index in [2.05, 4.69) is 55.4 Å². The van der Waals surface area contributed by atoms with Crippen LogP contribution < -0.4 is 0 Å². The molecule has 0 amide bonds. The first kappa shape index (κ1) is 34.8. The molecule has 0 saturated carbocycles. The second kappa shape index (κ2) is 14.3. The van der Waals surface area contributed by atoms with Gasteiger partial charge in [-0.3, -0.25) is 9.59 Å². The zero-order chi connectivity index (χ0) is 21.5. The van der Waals surface area contributed by atoms with Gasteiger partial charge in [0.05, 0.1) is 0 Å². The molecule has 2 unspecified atom stereocenters. The van der Waals surface area contributed by atoms with Gasteiger partial charge < -0.3 is 9.47 Å². The average molecular weight is 433 g/mol. The third-order valence-electron chi connectivity index (χ3n) is 6.15. The Morgan fingerprint density at radius 2 is 0.931 bits per heavy atom. The van der Waals surface area contributed by atoms with Gasteiger partial charge in [0.15, 0.2) is 0 Å². The van der Waals surface area contributed by atoms with Gasteiger partial charge in [0, 0.05) is 10.8 Å². The van der Waals surface area contributed by atoms with Crippen molar-refractivity contribution in [2.45, 2.75) is 125 Å². The molecule has 0 fully saturated rings. The van der Waals surface area contributed by atoms with Crippen LogP contribution in [0, 0.1) is 10.8 Å². The first-order valence-corrected chi connectivity index (χ1v) is 10.6. The van der Waals surface area contributed by atoms with Crippen LogP contribution in [0.5, 0.6) is 0 Å². The Morgan fingerprint density at radius 1 is 0.655 bits per heavy atom. The number of carbonyl (C=O) groups is 2. The van der Waals surface area contributed by atoms with E-state index in [0.717, 1.165) is 38.5 Å². The van der Waals surface area contributed by atoms with Gasteiger partial charge in [-0.25, -0.2) is 0 Å². The van der Waals surface area contributed by atoms with Crippen LogP contribution in [0.4, 0.5) is 0 Å². The number of rotatable bonds is 10. The van der Waals surface area contributed by atoms with Crippen LogP contribution in [0.15, 0.2) is 0 Å². The summed E-state index contributed by atoms with van der Waals surface area (Å²) in [6.07, 6.45) is 5.25. The van der Waals surface area contributed by atoms with Gasteiger partial charge in [-0.2, -0.15) is 0 Å². The molecule has 0 aliphatic carbocycles. The van der Waals surface area contributed by atoms with E-state index in [-0.39, 0.29) is 87.5 Å². The van der Waals surface area contributed by atoms with Crippen LogP contribution in [-0.2, 0) is 19.1 Å². The normalized spacial score (nSPS) is 15.8. The van der Waals surface area contributed by atoms with Crippen molar-refractivity contribution < 1.29 is 19.1 Å². The zero-order valence-electron chi connectivity index (χ0n) is 19.6. The standard InChI is InChI=1S/C23H44O4.K.Li.2H/c1-11-13-15-22(9,20(3,4)5)26-18(24)17-19(25)27-23(10,16-14-12-2)21(6,7)8;;;;/h11-17H2,1-10H3;;;;. The fraction of sp³-hybridized carbons (Fsp3) is 0.913. The molecule has 0 aromatic carbocycles. The maximum absolute atomic E-state index is 12.5. The van der Waals surface area contributed by atoms with E-state index in [9.17, 15) is 9.59 Å². The number of unbranched alkanes of at least 4 members (excludes halogenated alkanes) is 2. The summed E-state index contributed by atoms with van der Waals surface area (Å²) >= 11 is 0. The van der Waals surface area contributed by atoms with E-state index in [1.54, 1.807) is 0 Å². The SMILES string of the molecule is CCCCC(C)(OC(=O)CC(=O)OC(C)(CCCC)C(C)(C)C)C(C)(C)C.[KH].[LiH]. The molecular weight excluding hydrogens is 386 g/mol. The van der Waals surface area contributed by atoms with Crippen LogP contribution >= 0.6 is 0 Å². The van der Waals surface area contributed by atoms with Crippen molar-refractivity contribution in [3.63, 3.8) is 0 Å². The minimum absolute atomic E-state index is 0. The maximum atomic E-state index is 12.5. The zero-order valence-corrected chi connectivity index (χ0v) is 19.6. The second-order valence-corrected chi connectivity index (χ2v) is 10.3. The molecule has 0 N–H and O–H groups in total. The van der Waals surface area contributed by atoms with Crippen LogP contribution in [0.2, 0.25) is 0 Å². The number of carbonyl (C=O) groups excluding carboxylic acids is 2. The number of esters is 2. The predicted molar refractivity (Wildman–Crippen MR) is 126 cm³/mol. The Balaban J connectivity index is -0.00000338. The molecule has 0 aliphatic heterocycles. The molecule has 0 aliphatic rings. The molecular formula is C23H46KLiO4. The molecule has 4 nitrogen and oxygen atoms in total. The molecule has 0 saturated heterocycles. The Morgan fingerprint density at radius 3 is 1.14 bits per heavy atom. The molecule has 0 aromatic heterocycles. The summed E-state index contributed by atoms with van der Waals surface area (Å²) in [6.45, 7) is 20.6. The first-order valence-electron chi connectivity index (χ1n) is 10.6. The predicted octanol–water partition coefficient (Wildman–Crippen LogP) is 5.16. The average Bonchev–Trinajstić information content (AvgIpc) is 2.48. The van der Waals surface area contributed by atoms with Crippen molar-refractivity contribution in [1.82, 2.24) is 0 Å². The Labute approximate surface area is 235 Å². The van der Waals surface area contributed by atoms with Crippen LogP contribution in [0.1, 0.15) is 114 Å². The van der Waals surface area contributed by atoms with Crippen molar-refractivity contribution in [2.24, 2.45) is 10.8 Å². The molecule has 0 bridgehead atoms. The molecule has 164 valence electrons. The first-order chi connectivity index (χ1) is 12.1. The summed E-state index contributed by atoms with van der Waals surface area (Å²) in [7, 11) is 0. The molecule has 0 heterocycles. The van der Waals surface area contributed by atoms with Gasteiger partial charge in [-0.15, -0.1) is 0 Å². The van der Waals surface area contributed by atoms with Gasteiger partial charge in [0.2, 0.25) is 0 Å². The van der Waals surface area contributed by atoms with Crippen molar-refractivity contribution in [3.8, 4) is 0 Å². The fourth-order valence-corrected chi connectivity index (χ4v) is 2.88. The molecule has 6 heteroatoms. The Bertz CT molecular complexity index is 452. The van der Waals surface area contributed by atoms with Crippen molar-refractivity contribution >= 4 is 82.2 Å². The van der Waals surface area contributed by atoms with E-state index in [4.69, 9.17) is 9.47 Å². The van der Waals surface area contributed by atoms with E-state index in [1.807, 2.05) is 13.8 Å². The van der Waals surface area contributed by atoms with E-state index < -0.39 is 23.1 Å². The van der Waals surface area contributed by atoms with Gasteiger partial charge >= 0.3 is 82.2 Å². The van der Waals surface area contributed by atoms with Gasteiger partial charge in [0.1, 0.15) is 17.6 Å². The molecule has 0 aromatic rings. The Hall–Kier alpha value is 1.17. The summed E-state index contributed by atoms with van der Waals surface area (Å²) < 4.78 is 11.6. The summed E-state index contributed by atoms with van der Waals surface area (Å²) in [5.41, 5.74) is -1.61. The molecule has 29 heavy (non-hydrogen) atoms. The number of ether oxygens (including phenoxy) is 2. The van der Waals surface area contributed by atoms with Gasteiger partial charge in [-0.1, -0.05) is 68.2 Å². The third kappa shape index (κ3) is 11.6. The number of hydrogen-bond acceptors (Lipinski definition) is 4. The summed E-state index contributed by atoms with van der Waals surface area (Å²) in [5.74, 6) is -0.999. The Kier molecular flexibility index (Phi) is 17.2. The minimum atomic E-state index is -0.601. The molecule has 2 atom stereocenters. The quantitative estimate of drug-likeness (QED) is 0.272. The number of hydrogen-bond donors (Lipinski definition) is 0. The molecule has 0 spiro atoms. The van der Waals surface area contributed by atoms with Crippen molar-refractivity contribution in [2.75, 3.05) is 0 Å². The topological polar surface area (TPSA) is 52.6 Å². The van der Waals surface area contributed by atoms with Gasteiger partial charge in [-0.05, 0) is 39.5 Å². The molecule has 0 radical (unpaired) electrons. The summed E-state index contributed by atoms with van der Waals surface area (Å²) in [5, 5.41) is 0. The van der Waals surface area contributed by atoms with Crippen molar-refractivity contribution in [1.29, 1.82) is 0 Å². The summed E-state index contributed by atoms with van der Waals surface area (Å²) in [6, 6.07) is 0. The van der Waals surface area contributed by atoms with Crippen LogP contribution in [0.25, 0.3) is 0 Å². The monoisotopic (exact) mass is 432 g/mol.